The molecule has 0 unspecified atom stereocenters. The molecule has 1 aliphatic rings. The largest absolute Gasteiger partial charge is 0.279 e. The molecule has 1 fully saturated rings. The molecule has 0 heterocycles. The Bertz CT molecular complexity index is 491. The number of nitrogens with zero attached hydrogens (tertiary/aromatic N) is 1. The van der Waals surface area contributed by atoms with Crippen LogP contribution in [-0.4, -0.2) is 26.8 Å². The van der Waals surface area contributed by atoms with Crippen LogP contribution in [0.15, 0.2) is 30.3 Å². The van der Waals surface area contributed by atoms with Gasteiger partial charge >= 0.3 is 0 Å². The summed E-state index contributed by atoms with van der Waals surface area (Å²) in [4.78, 5) is 0. The van der Waals surface area contributed by atoms with Gasteiger partial charge in [-0.05, 0) is 18.4 Å². The minimum Gasteiger partial charge on any atom is -0.195 e. The van der Waals surface area contributed by atoms with Gasteiger partial charge in [0.2, 0.25) is 0 Å². The summed E-state index contributed by atoms with van der Waals surface area (Å²) in [7, 11) is -0.302. The molecule has 0 atom stereocenters. The summed E-state index contributed by atoms with van der Waals surface area (Å²) in [5, 5.41) is 0. The second-order valence-corrected chi connectivity index (χ2v) is 6.93. The molecule has 2 rings (SSSR count). The van der Waals surface area contributed by atoms with Gasteiger partial charge in [-0.3, -0.25) is 0 Å². The third-order valence-electron chi connectivity index (χ3n) is 3.59. The molecule has 0 aromatic heterocycles. The van der Waals surface area contributed by atoms with Crippen molar-refractivity contribution in [3.8, 4) is 0 Å². The van der Waals surface area contributed by atoms with E-state index in [4.69, 9.17) is 0 Å². The van der Waals surface area contributed by atoms with E-state index >= 15 is 0 Å². The maximum Gasteiger partial charge on any atom is 0.279 e. The van der Waals surface area contributed by atoms with Gasteiger partial charge < -0.3 is 0 Å². The molecule has 4 nitrogen and oxygen atoms in total. The Morgan fingerprint density at radius 2 is 1.67 bits per heavy atom. The van der Waals surface area contributed by atoms with Crippen molar-refractivity contribution in [2.24, 2.45) is 0 Å². The lowest BCUT2D eigenvalue weighted by atomic mass is 9.89. The first-order chi connectivity index (χ1) is 8.46. The van der Waals surface area contributed by atoms with Crippen LogP contribution in [0.5, 0.6) is 0 Å². The molecule has 1 aromatic rings. The molecule has 0 saturated heterocycles. The molecule has 0 amide bonds. The quantitative estimate of drug-likeness (QED) is 0.906. The number of rotatable bonds is 4. The third kappa shape index (κ3) is 2.58. The van der Waals surface area contributed by atoms with Gasteiger partial charge in [0, 0.05) is 14.1 Å². The van der Waals surface area contributed by atoms with Crippen molar-refractivity contribution in [2.45, 2.75) is 31.2 Å². The first-order valence-electron chi connectivity index (χ1n) is 6.23. The Morgan fingerprint density at radius 1 is 1.11 bits per heavy atom. The highest BCUT2D eigenvalue weighted by Gasteiger charge is 2.39. The van der Waals surface area contributed by atoms with Gasteiger partial charge in [-0.1, -0.05) is 43.2 Å². The summed E-state index contributed by atoms with van der Waals surface area (Å²) in [6, 6.07) is 9.87. The van der Waals surface area contributed by atoms with Gasteiger partial charge in [-0.25, -0.2) is 0 Å². The number of hydrogen-bond donors (Lipinski definition) is 1. The second kappa shape index (κ2) is 4.99. The van der Waals surface area contributed by atoms with Crippen molar-refractivity contribution in [3.63, 3.8) is 0 Å². The van der Waals surface area contributed by atoms with Crippen molar-refractivity contribution in [1.29, 1.82) is 0 Å². The van der Waals surface area contributed by atoms with Gasteiger partial charge in [-0.2, -0.15) is 17.4 Å². The predicted octanol–water partition coefficient (Wildman–Crippen LogP) is 1.85. The van der Waals surface area contributed by atoms with Crippen molar-refractivity contribution in [2.75, 3.05) is 14.1 Å². The van der Waals surface area contributed by atoms with E-state index in [2.05, 4.69) is 4.72 Å². The van der Waals surface area contributed by atoms with Crippen LogP contribution in [0.2, 0.25) is 0 Å². The van der Waals surface area contributed by atoms with Crippen LogP contribution < -0.4 is 4.72 Å². The fraction of sp³-hybridized carbons (Fsp3) is 0.538. The van der Waals surface area contributed by atoms with E-state index in [1.807, 2.05) is 30.3 Å². The summed E-state index contributed by atoms with van der Waals surface area (Å²) in [5.41, 5.74) is 0.637. The van der Waals surface area contributed by atoms with E-state index in [0.717, 1.165) is 31.2 Å². The SMILES string of the molecule is CN(C)S(=O)(=O)NC1(c2ccccc2)CCCC1. The van der Waals surface area contributed by atoms with Gasteiger partial charge in [0.15, 0.2) is 0 Å². The molecule has 0 bridgehead atoms. The van der Waals surface area contributed by atoms with E-state index in [1.165, 1.54) is 4.31 Å². The molecule has 1 N–H and O–H groups in total. The smallest absolute Gasteiger partial charge is 0.195 e. The average Bonchev–Trinajstić information content (AvgIpc) is 2.79. The molecular formula is C13H20N2O2S. The number of nitrogens with one attached hydrogen (secondary N) is 1. The van der Waals surface area contributed by atoms with Crippen LogP contribution in [0, 0.1) is 0 Å². The molecule has 0 aliphatic heterocycles. The van der Waals surface area contributed by atoms with E-state index in [0.29, 0.717) is 0 Å². The topological polar surface area (TPSA) is 49.4 Å². The lowest BCUT2D eigenvalue weighted by molar-refractivity contribution is 0.386. The maximum atomic E-state index is 12.1. The second-order valence-electron chi connectivity index (χ2n) is 5.04. The average molecular weight is 268 g/mol. The Hall–Kier alpha value is -0.910. The van der Waals surface area contributed by atoms with Crippen molar-refractivity contribution in [1.82, 2.24) is 9.03 Å². The van der Waals surface area contributed by atoms with Gasteiger partial charge in [-0.15, -0.1) is 0 Å². The highest BCUT2D eigenvalue weighted by atomic mass is 32.2. The Kier molecular flexibility index (Phi) is 3.75. The lowest BCUT2D eigenvalue weighted by Gasteiger charge is -2.31. The molecule has 100 valence electrons. The first-order valence-corrected chi connectivity index (χ1v) is 7.67. The molecule has 1 aromatic carbocycles. The molecule has 5 heteroatoms. The Balaban J connectivity index is 2.35. The van der Waals surface area contributed by atoms with Gasteiger partial charge in [0.25, 0.3) is 10.2 Å². The van der Waals surface area contributed by atoms with E-state index in [-0.39, 0.29) is 0 Å². The summed E-state index contributed by atoms with van der Waals surface area (Å²) in [6.45, 7) is 0. The number of hydrogen-bond acceptors (Lipinski definition) is 2. The first kappa shape index (κ1) is 13.5. The molecule has 18 heavy (non-hydrogen) atoms. The van der Waals surface area contributed by atoms with Crippen LogP contribution in [0.25, 0.3) is 0 Å². The summed E-state index contributed by atoms with van der Waals surface area (Å²) < 4.78 is 28.3. The zero-order chi connectivity index (χ0) is 13.2. The molecule has 0 radical (unpaired) electrons. The molecule has 1 aliphatic carbocycles. The van der Waals surface area contributed by atoms with E-state index in [1.54, 1.807) is 14.1 Å². The molecule has 0 spiro atoms. The van der Waals surface area contributed by atoms with Crippen LogP contribution in [0.1, 0.15) is 31.2 Å². The third-order valence-corrected chi connectivity index (χ3v) is 5.20. The zero-order valence-electron chi connectivity index (χ0n) is 10.9. The summed E-state index contributed by atoms with van der Waals surface area (Å²) >= 11 is 0. The monoisotopic (exact) mass is 268 g/mol. The van der Waals surface area contributed by atoms with E-state index in [9.17, 15) is 8.42 Å². The number of benzene rings is 1. The van der Waals surface area contributed by atoms with Gasteiger partial charge in [0.1, 0.15) is 0 Å². The Morgan fingerprint density at radius 3 is 2.17 bits per heavy atom. The fourth-order valence-corrected chi connectivity index (χ4v) is 3.52. The molecular weight excluding hydrogens is 248 g/mol. The normalized spacial score (nSPS) is 19.3. The van der Waals surface area contributed by atoms with Crippen LogP contribution >= 0.6 is 0 Å². The van der Waals surface area contributed by atoms with Crippen LogP contribution in [0.3, 0.4) is 0 Å². The minimum absolute atomic E-state index is 0.426. The highest BCUT2D eigenvalue weighted by molar-refractivity contribution is 7.87. The lowest BCUT2D eigenvalue weighted by Crippen LogP contribution is -2.48. The maximum absolute atomic E-state index is 12.1. The predicted molar refractivity (Wildman–Crippen MR) is 72.3 cm³/mol. The summed E-state index contributed by atoms with van der Waals surface area (Å²) in [6.07, 6.45) is 3.85. The highest BCUT2D eigenvalue weighted by Crippen LogP contribution is 2.39. The minimum atomic E-state index is -3.40. The van der Waals surface area contributed by atoms with E-state index < -0.39 is 15.7 Å². The standard InChI is InChI=1S/C13H20N2O2S/c1-15(2)18(16,17)14-13(10-6-7-11-13)12-8-4-3-5-9-12/h3-5,8-9,14H,6-7,10-11H2,1-2H3. The fourth-order valence-electron chi connectivity index (χ4n) is 2.52. The van der Waals surface area contributed by atoms with Crippen molar-refractivity contribution < 1.29 is 8.42 Å². The van der Waals surface area contributed by atoms with Crippen molar-refractivity contribution >= 4 is 10.2 Å². The molecule has 1 saturated carbocycles. The van der Waals surface area contributed by atoms with Crippen LogP contribution in [0.4, 0.5) is 0 Å². The van der Waals surface area contributed by atoms with Gasteiger partial charge in [0.05, 0.1) is 5.54 Å². The zero-order valence-corrected chi connectivity index (χ0v) is 11.7. The Labute approximate surface area is 109 Å². The van der Waals surface area contributed by atoms with Crippen LogP contribution in [-0.2, 0) is 15.7 Å². The van der Waals surface area contributed by atoms with Crippen molar-refractivity contribution in [3.05, 3.63) is 35.9 Å². The summed E-state index contributed by atoms with van der Waals surface area (Å²) in [5.74, 6) is 0.